The molecule has 60 heavy (non-hydrogen) atoms. The summed E-state index contributed by atoms with van der Waals surface area (Å²) in [5.41, 5.74) is 15.2. The van der Waals surface area contributed by atoms with Gasteiger partial charge in [0.15, 0.2) is 11.7 Å². The van der Waals surface area contributed by atoms with Gasteiger partial charge in [0, 0.05) is 33.7 Å². The normalized spacial score (nSPS) is 12.1. The molecular formula is C51H38B5N3O. The van der Waals surface area contributed by atoms with Gasteiger partial charge >= 0.3 is 0 Å². The Morgan fingerprint density at radius 1 is 0.450 bits per heavy atom. The van der Waals surface area contributed by atoms with Gasteiger partial charge in [-0.3, -0.25) is 5.41 Å². The molecule has 0 atom stereocenters. The van der Waals surface area contributed by atoms with Gasteiger partial charge in [0.1, 0.15) is 50.4 Å². The Morgan fingerprint density at radius 3 is 1.68 bits per heavy atom. The van der Waals surface area contributed by atoms with Crippen molar-refractivity contribution < 1.29 is 4.42 Å². The summed E-state index contributed by atoms with van der Waals surface area (Å²) in [5.74, 6) is 0.610. The first-order chi connectivity index (χ1) is 29.2. The summed E-state index contributed by atoms with van der Waals surface area (Å²) in [5, 5.41) is 18.6. The third-order valence-electron chi connectivity index (χ3n) is 12.6. The summed E-state index contributed by atoms with van der Waals surface area (Å²) in [6.45, 7) is 0. The van der Waals surface area contributed by atoms with Crippen LogP contribution < -0.4 is 27.3 Å². The summed E-state index contributed by atoms with van der Waals surface area (Å²) >= 11 is 0. The average Bonchev–Trinajstić information content (AvgIpc) is 3.68. The Morgan fingerprint density at radius 2 is 1.00 bits per heavy atom. The minimum atomic E-state index is 0.148. The van der Waals surface area contributed by atoms with Gasteiger partial charge in [0.05, 0.1) is 0 Å². The van der Waals surface area contributed by atoms with Crippen LogP contribution in [0.4, 0.5) is 0 Å². The van der Waals surface area contributed by atoms with Crippen molar-refractivity contribution in [3.05, 3.63) is 174 Å². The molecule has 4 nitrogen and oxygen atoms in total. The third kappa shape index (κ3) is 6.29. The van der Waals surface area contributed by atoms with E-state index >= 15 is 0 Å². The number of rotatable bonds is 5. The summed E-state index contributed by atoms with van der Waals surface area (Å²) < 4.78 is 6.46. The molecule has 9 heteroatoms. The van der Waals surface area contributed by atoms with Crippen molar-refractivity contribution in [2.45, 2.75) is 0 Å². The van der Waals surface area contributed by atoms with Crippen LogP contribution >= 0.6 is 0 Å². The lowest BCUT2D eigenvalue weighted by Crippen LogP contribution is -2.55. The molecule has 1 aromatic heterocycles. The van der Waals surface area contributed by atoms with Crippen molar-refractivity contribution in [1.29, 1.82) is 5.41 Å². The second-order valence-corrected chi connectivity index (χ2v) is 15.9. The number of aliphatic imine (C=N–C) groups is 2. The van der Waals surface area contributed by atoms with Crippen LogP contribution in [0.2, 0.25) is 0 Å². The zero-order valence-corrected chi connectivity index (χ0v) is 34.4. The van der Waals surface area contributed by atoms with Gasteiger partial charge in [-0.2, -0.15) is 0 Å². The second kappa shape index (κ2) is 14.9. The maximum atomic E-state index is 9.04. The number of furan rings is 1. The van der Waals surface area contributed by atoms with Crippen LogP contribution in [0.3, 0.4) is 0 Å². The minimum Gasteiger partial charge on any atom is -0.456 e. The highest BCUT2D eigenvalue weighted by molar-refractivity contribution is 6.68. The number of amidine groups is 2. The lowest BCUT2D eigenvalue weighted by atomic mass is 9.59. The van der Waals surface area contributed by atoms with E-state index in [2.05, 4.69) is 148 Å². The van der Waals surface area contributed by atoms with E-state index < -0.39 is 0 Å². The molecular weight excluding hydrogens is 725 g/mol. The van der Waals surface area contributed by atoms with Crippen molar-refractivity contribution in [2.75, 3.05) is 0 Å². The number of hydrogen-bond acceptors (Lipinski definition) is 2. The van der Waals surface area contributed by atoms with E-state index in [1.165, 1.54) is 65.2 Å². The van der Waals surface area contributed by atoms with Crippen LogP contribution in [0, 0.1) is 5.41 Å². The molecule has 1 heterocycles. The molecule has 0 spiro atoms. The molecule has 0 amide bonds. The quantitative estimate of drug-likeness (QED) is 0.119. The van der Waals surface area contributed by atoms with Gasteiger partial charge < -0.3 is 4.42 Å². The molecule has 0 saturated heterocycles. The third-order valence-corrected chi connectivity index (χ3v) is 12.6. The Hall–Kier alpha value is -7.11. The van der Waals surface area contributed by atoms with Crippen LogP contribution in [0.25, 0.3) is 76.5 Å². The number of nitrogens with one attached hydrogen (secondary N) is 1. The van der Waals surface area contributed by atoms with E-state index in [0.717, 1.165) is 55.3 Å². The van der Waals surface area contributed by atoms with Gasteiger partial charge in [-0.25, -0.2) is 9.98 Å². The summed E-state index contributed by atoms with van der Waals surface area (Å²) in [6.07, 6.45) is 1.87. The lowest BCUT2D eigenvalue weighted by Gasteiger charge is -2.20. The molecule has 10 rings (SSSR count). The van der Waals surface area contributed by atoms with Gasteiger partial charge in [0.25, 0.3) is 0 Å². The van der Waals surface area contributed by atoms with E-state index in [4.69, 9.17) is 19.8 Å². The van der Waals surface area contributed by atoms with Crippen molar-refractivity contribution in [1.82, 2.24) is 0 Å². The lowest BCUT2D eigenvalue weighted by molar-refractivity contribution is 0.669. The standard InChI is InChI=1S/C51H38B5N3O/c52-45-44(46(53)48(55)49(56)47(45)54)31-12-8-13-32(24-31)51(59-50(57)28-10-2-1-3-11-28)58-27-33-14-9-19-42-43(33)40-26-30(21-23-41(40)60-42)29-20-22-38-36-17-5-4-15-34(36)35-16-6-7-18-37(35)39(38)25-29/h1-27,57H,52-56H2/b57-50?,58-27+,59-51-. The molecule has 0 aliphatic heterocycles. The highest BCUT2D eigenvalue weighted by atomic mass is 16.3. The predicted octanol–water partition coefficient (Wildman–Crippen LogP) is 4.56. The summed E-state index contributed by atoms with van der Waals surface area (Å²) in [4.78, 5) is 9.99. The molecule has 0 aliphatic rings. The van der Waals surface area contributed by atoms with E-state index in [-0.39, 0.29) is 5.84 Å². The molecule has 278 valence electrons. The topological polar surface area (TPSA) is 61.7 Å². The number of nitrogens with zero attached hydrogens (tertiary/aromatic N) is 2. The Kier molecular flexibility index (Phi) is 9.25. The van der Waals surface area contributed by atoms with E-state index in [1.807, 2.05) is 54.7 Å². The van der Waals surface area contributed by atoms with E-state index in [1.54, 1.807) is 0 Å². The van der Waals surface area contributed by atoms with Crippen molar-refractivity contribution in [2.24, 2.45) is 9.98 Å². The molecule has 0 unspecified atom stereocenters. The first-order valence-electron chi connectivity index (χ1n) is 20.5. The molecule has 0 radical (unpaired) electrons. The minimum absolute atomic E-state index is 0.148. The first kappa shape index (κ1) is 37.2. The van der Waals surface area contributed by atoms with Crippen LogP contribution in [-0.4, -0.2) is 57.1 Å². The molecule has 0 bridgehead atoms. The SMILES string of the molecule is Bc1c(B)c(B)c(-c2cccc(C(=N/C(=N)c3ccccc3)/N=C/c3cccc4oc5ccc(-c6ccc7c8ccccc8c8ccccc8c7c6)cc5c34)c2)c(B)c1B. The first-order valence-corrected chi connectivity index (χ1v) is 20.5. The molecule has 0 saturated carbocycles. The summed E-state index contributed by atoms with van der Waals surface area (Å²) in [7, 11) is 11.0. The monoisotopic (exact) mass is 763 g/mol. The fourth-order valence-corrected chi connectivity index (χ4v) is 9.04. The number of fused-ring (bicyclic) bond motifs is 9. The average molecular weight is 763 g/mol. The van der Waals surface area contributed by atoms with E-state index in [9.17, 15) is 0 Å². The van der Waals surface area contributed by atoms with Crippen LogP contribution in [0.15, 0.2) is 172 Å². The van der Waals surface area contributed by atoms with Gasteiger partial charge in [-0.1, -0.05) is 138 Å². The molecule has 10 aromatic rings. The highest BCUT2D eigenvalue weighted by Crippen LogP contribution is 2.39. The molecule has 0 aliphatic carbocycles. The fraction of sp³-hybridized carbons (Fsp3) is 0. The molecule has 0 fully saturated rings. The summed E-state index contributed by atoms with van der Waals surface area (Å²) in [6, 6.07) is 54.8. The van der Waals surface area contributed by atoms with E-state index in [0.29, 0.717) is 5.84 Å². The van der Waals surface area contributed by atoms with Gasteiger partial charge in [-0.05, 0) is 84.9 Å². The number of benzene rings is 9. The largest absolute Gasteiger partial charge is 0.456 e. The van der Waals surface area contributed by atoms with Gasteiger partial charge in [-0.15, -0.1) is 16.4 Å². The molecule has 1 N–H and O–H groups in total. The van der Waals surface area contributed by atoms with Crippen molar-refractivity contribution in [3.63, 3.8) is 0 Å². The molecule has 9 aromatic carbocycles. The Bertz CT molecular complexity index is 3400. The predicted molar refractivity (Wildman–Crippen MR) is 272 cm³/mol. The maximum Gasteiger partial charge on any atom is 0.161 e. The van der Waals surface area contributed by atoms with Crippen molar-refractivity contribution in [3.8, 4) is 22.3 Å². The maximum absolute atomic E-state index is 9.04. The van der Waals surface area contributed by atoms with Crippen LogP contribution in [-0.2, 0) is 0 Å². The van der Waals surface area contributed by atoms with Gasteiger partial charge in [0.2, 0.25) is 0 Å². The fourth-order valence-electron chi connectivity index (χ4n) is 9.04. The second-order valence-electron chi connectivity index (χ2n) is 15.9. The van der Waals surface area contributed by atoms with Crippen LogP contribution in [0.5, 0.6) is 0 Å². The van der Waals surface area contributed by atoms with Crippen LogP contribution in [0.1, 0.15) is 16.7 Å². The number of hydrogen-bond donors (Lipinski definition) is 1. The zero-order valence-electron chi connectivity index (χ0n) is 34.4. The Balaban J connectivity index is 1.10. The Labute approximate surface area is 353 Å². The smallest absolute Gasteiger partial charge is 0.161 e. The zero-order chi connectivity index (χ0) is 41.1. The highest BCUT2D eigenvalue weighted by Gasteiger charge is 2.17. The van der Waals surface area contributed by atoms with Crippen molar-refractivity contribution >= 4 is 139 Å².